The molecular formula is C21H23N3O4S. The number of sulfonamides is 1. The number of ether oxygens (including phenoxy) is 1. The number of hydrogen-bond donors (Lipinski definition) is 1. The molecule has 2 heterocycles. The van der Waals surface area contributed by atoms with E-state index in [-0.39, 0.29) is 11.3 Å². The van der Waals surface area contributed by atoms with E-state index in [1.807, 2.05) is 31.2 Å². The summed E-state index contributed by atoms with van der Waals surface area (Å²) in [6.07, 6.45) is -0.509. The highest BCUT2D eigenvalue weighted by Crippen LogP contribution is 2.45. The molecule has 2 aromatic rings. The number of benzene rings is 2. The molecule has 1 amide bonds. The van der Waals surface area contributed by atoms with Crippen molar-refractivity contribution in [3.63, 3.8) is 0 Å². The third-order valence-corrected chi connectivity index (χ3v) is 6.42. The molecule has 0 saturated carbocycles. The van der Waals surface area contributed by atoms with Crippen LogP contribution in [0.4, 0.5) is 4.79 Å². The number of nitrogens with zero attached hydrogens (tertiary/aromatic N) is 2. The number of nitrogens with one attached hydrogen (secondary N) is 1. The normalized spacial score (nSPS) is 22.5. The maximum absolute atomic E-state index is 13.0. The summed E-state index contributed by atoms with van der Waals surface area (Å²) in [4.78, 5) is 13.2. The van der Waals surface area contributed by atoms with Gasteiger partial charge in [-0.15, -0.1) is 0 Å². The van der Waals surface area contributed by atoms with Crippen LogP contribution in [0.5, 0.6) is 0 Å². The van der Waals surface area contributed by atoms with Gasteiger partial charge in [-0.25, -0.2) is 13.2 Å². The second-order valence-electron chi connectivity index (χ2n) is 8.34. The van der Waals surface area contributed by atoms with E-state index in [4.69, 9.17) is 4.74 Å². The molecule has 29 heavy (non-hydrogen) atoms. The zero-order valence-corrected chi connectivity index (χ0v) is 17.6. The van der Waals surface area contributed by atoms with Crippen LogP contribution >= 0.6 is 0 Å². The van der Waals surface area contributed by atoms with Crippen LogP contribution < -0.4 is 4.72 Å². The Morgan fingerprint density at radius 2 is 1.79 bits per heavy atom. The van der Waals surface area contributed by atoms with Crippen LogP contribution in [0, 0.1) is 6.92 Å². The first kappa shape index (κ1) is 19.6. The molecule has 2 aliphatic rings. The minimum atomic E-state index is -3.79. The maximum Gasteiger partial charge on any atom is 0.433 e. The van der Waals surface area contributed by atoms with Crippen molar-refractivity contribution < 1.29 is 17.9 Å². The van der Waals surface area contributed by atoms with Crippen molar-refractivity contribution in [1.82, 2.24) is 9.73 Å². The Balaban J connectivity index is 1.85. The van der Waals surface area contributed by atoms with E-state index in [1.54, 1.807) is 39.0 Å². The lowest BCUT2D eigenvalue weighted by Crippen LogP contribution is -2.52. The van der Waals surface area contributed by atoms with Crippen molar-refractivity contribution in [1.29, 1.82) is 0 Å². The smallest absolute Gasteiger partial charge is 0.433 e. The van der Waals surface area contributed by atoms with Gasteiger partial charge in [0.2, 0.25) is 10.0 Å². The molecule has 1 N–H and O–H groups in total. The van der Waals surface area contributed by atoms with Gasteiger partial charge in [0.25, 0.3) is 0 Å². The number of rotatable bonds is 1. The molecule has 2 aromatic carbocycles. The Bertz CT molecular complexity index is 1120. The van der Waals surface area contributed by atoms with E-state index in [9.17, 15) is 13.2 Å². The topological polar surface area (TPSA) is 88.1 Å². The van der Waals surface area contributed by atoms with Gasteiger partial charge in [0.05, 0.1) is 10.6 Å². The van der Waals surface area contributed by atoms with Gasteiger partial charge in [-0.1, -0.05) is 48.0 Å². The highest BCUT2D eigenvalue weighted by Gasteiger charge is 2.57. The fourth-order valence-corrected chi connectivity index (χ4v) is 5.24. The van der Waals surface area contributed by atoms with Crippen molar-refractivity contribution in [3.05, 3.63) is 65.2 Å². The SMILES string of the molecule is Cc1ccc(C2=NN(C(=O)OC(C)(C)C)C3(C2)NS(=O)(=O)c2ccccc23)cc1. The summed E-state index contributed by atoms with van der Waals surface area (Å²) in [6.45, 7) is 7.25. The number of hydrogen-bond acceptors (Lipinski definition) is 5. The van der Waals surface area contributed by atoms with Gasteiger partial charge in [-0.05, 0) is 39.3 Å². The zero-order valence-electron chi connectivity index (χ0n) is 16.8. The molecule has 7 nitrogen and oxygen atoms in total. The van der Waals surface area contributed by atoms with Crippen LogP contribution in [0.25, 0.3) is 0 Å². The molecular weight excluding hydrogens is 390 g/mol. The van der Waals surface area contributed by atoms with Gasteiger partial charge < -0.3 is 4.74 Å². The average molecular weight is 413 g/mol. The first-order valence-corrected chi connectivity index (χ1v) is 10.8. The minimum absolute atomic E-state index is 0.147. The molecule has 8 heteroatoms. The summed E-state index contributed by atoms with van der Waals surface area (Å²) in [5.41, 5.74) is 0.907. The molecule has 2 aliphatic heterocycles. The summed E-state index contributed by atoms with van der Waals surface area (Å²) < 4.78 is 33.9. The monoisotopic (exact) mass is 413 g/mol. The molecule has 0 saturated heterocycles. The van der Waals surface area contributed by atoms with Crippen molar-refractivity contribution in [3.8, 4) is 0 Å². The van der Waals surface area contributed by atoms with E-state index < -0.39 is 27.4 Å². The molecule has 0 fully saturated rings. The first-order chi connectivity index (χ1) is 13.5. The van der Waals surface area contributed by atoms with Crippen LogP contribution in [0.3, 0.4) is 0 Å². The van der Waals surface area contributed by atoms with Gasteiger partial charge in [0.1, 0.15) is 5.60 Å². The van der Waals surface area contributed by atoms with Crippen LogP contribution in [0.1, 0.15) is 43.9 Å². The third-order valence-electron chi connectivity index (χ3n) is 4.88. The van der Waals surface area contributed by atoms with E-state index in [2.05, 4.69) is 9.82 Å². The van der Waals surface area contributed by atoms with Gasteiger partial charge in [-0.2, -0.15) is 14.8 Å². The molecule has 152 valence electrons. The fourth-order valence-electron chi connectivity index (χ4n) is 3.63. The summed E-state index contributed by atoms with van der Waals surface area (Å²) >= 11 is 0. The second-order valence-corrected chi connectivity index (χ2v) is 9.99. The molecule has 1 unspecified atom stereocenters. The van der Waals surface area contributed by atoms with Crippen molar-refractivity contribution in [2.24, 2.45) is 5.10 Å². The van der Waals surface area contributed by atoms with Gasteiger partial charge in [0, 0.05) is 12.0 Å². The van der Waals surface area contributed by atoms with Crippen LogP contribution in [-0.4, -0.2) is 30.8 Å². The summed E-state index contributed by atoms with van der Waals surface area (Å²) in [6, 6.07) is 14.4. The number of fused-ring (bicyclic) bond motifs is 2. The summed E-state index contributed by atoms with van der Waals surface area (Å²) in [7, 11) is -3.79. The van der Waals surface area contributed by atoms with Crippen molar-refractivity contribution >= 4 is 21.8 Å². The van der Waals surface area contributed by atoms with Crippen molar-refractivity contribution in [2.45, 2.75) is 50.3 Å². The number of aryl methyl sites for hydroxylation is 1. The Morgan fingerprint density at radius 3 is 2.45 bits per heavy atom. The maximum atomic E-state index is 13.0. The van der Waals surface area contributed by atoms with Crippen molar-refractivity contribution in [2.75, 3.05) is 0 Å². The van der Waals surface area contributed by atoms with Crippen LogP contribution in [0.15, 0.2) is 58.5 Å². The molecule has 0 bridgehead atoms. The second kappa shape index (κ2) is 6.40. The minimum Gasteiger partial charge on any atom is -0.442 e. The Hall–Kier alpha value is -2.71. The molecule has 1 spiro atoms. The lowest BCUT2D eigenvalue weighted by Gasteiger charge is -2.33. The van der Waals surface area contributed by atoms with E-state index >= 15 is 0 Å². The highest BCUT2D eigenvalue weighted by atomic mass is 32.2. The summed E-state index contributed by atoms with van der Waals surface area (Å²) in [5, 5.41) is 5.66. The summed E-state index contributed by atoms with van der Waals surface area (Å²) in [5.74, 6) is 0. The Kier molecular flexibility index (Phi) is 4.32. The largest absolute Gasteiger partial charge is 0.442 e. The quantitative estimate of drug-likeness (QED) is 0.775. The standard InChI is InChI=1S/C21H23N3O4S/c1-14-9-11-15(12-10-14)17-13-21(24(22-17)19(25)28-20(2,3)4)16-7-5-6-8-18(16)29(26,27)23-21/h5-12,23H,13H2,1-4H3. The lowest BCUT2D eigenvalue weighted by molar-refractivity contribution is -0.0000482. The molecule has 0 aliphatic carbocycles. The lowest BCUT2D eigenvalue weighted by atomic mass is 9.92. The number of amides is 1. The Morgan fingerprint density at radius 1 is 1.14 bits per heavy atom. The van der Waals surface area contributed by atoms with E-state index in [0.717, 1.165) is 16.1 Å². The predicted molar refractivity (Wildman–Crippen MR) is 109 cm³/mol. The Labute approximate surface area is 170 Å². The zero-order chi connectivity index (χ0) is 21.0. The van der Waals surface area contributed by atoms with Crippen LogP contribution in [0.2, 0.25) is 0 Å². The van der Waals surface area contributed by atoms with Gasteiger partial charge in [-0.3, -0.25) is 0 Å². The number of hydrazone groups is 1. The van der Waals surface area contributed by atoms with Gasteiger partial charge >= 0.3 is 6.09 Å². The molecule has 0 aromatic heterocycles. The fraction of sp³-hybridized carbons (Fsp3) is 0.333. The number of carbonyl (C=O) groups excluding carboxylic acids is 1. The van der Waals surface area contributed by atoms with E-state index in [0.29, 0.717) is 11.3 Å². The first-order valence-electron chi connectivity index (χ1n) is 9.33. The number of carbonyl (C=O) groups is 1. The predicted octanol–water partition coefficient (Wildman–Crippen LogP) is 3.48. The van der Waals surface area contributed by atoms with Gasteiger partial charge in [0.15, 0.2) is 5.66 Å². The third kappa shape index (κ3) is 3.32. The average Bonchev–Trinajstić information content (AvgIpc) is 3.11. The molecule has 0 radical (unpaired) electrons. The highest BCUT2D eigenvalue weighted by molar-refractivity contribution is 7.89. The van der Waals surface area contributed by atoms with Crippen LogP contribution in [-0.2, 0) is 20.4 Å². The molecule has 1 atom stereocenters. The molecule has 4 rings (SSSR count). The van der Waals surface area contributed by atoms with E-state index in [1.165, 1.54) is 6.07 Å².